The number of carbonyl (C=O) groups is 1. The summed E-state index contributed by atoms with van der Waals surface area (Å²) in [6.07, 6.45) is 0. The Bertz CT molecular complexity index is 339. The molecule has 0 aliphatic carbocycles. The summed E-state index contributed by atoms with van der Waals surface area (Å²) < 4.78 is 0.962. The van der Waals surface area contributed by atoms with E-state index in [4.69, 9.17) is 0 Å². The number of benzene rings is 1. The van der Waals surface area contributed by atoms with E-state index in [1.165, 1.54) is 0 Å². The van der Waals surface area contributed by atoms with Gasteiger partial charge >= 0.3 is 0 Å². The highest BCUT2D eigenvalue weighted by Gasteiger charge is 2.05. The third kappa shape index (κ3) is 3.10. The third-order valence-electron chi connectivity index (χ3n) is 1.81. The molecule has 0 saturated carbocycles. The topological polar surface area (TPSA) is 29.1 Å². The van der Waals surface area contributed by atoms with Crippen LogP contribution in [0.1, 0.15) is 15.9 Å². The van der Waals surface area contributed by atoms with E-state index in [1.807, 2.05) is 25.1 Å². The minimum atomic E-state index is -0.0369. The zero-order valence-electron chi connectivity index (χ0n) is 7.81. The predicted molar refractivity (Wildman–Crippen MR) is 65.0 cm³/mol. The van der Waals surface area contributed by atoms with Crippen LogP contribution in [0, 0.1) is 6.92 Å². The largest absolute Gasteiger partial charge is 0.351 e. The smallest absolute Gasteiger partial charge is 0.251 e. The summed E-state index contributed by atoms with van der Waals surface area (Å²) >= 11 is 6.65. The molecule has 0 saturated heterocycles. The van der Waals surface area contributed by atoms with Crippen LogP contribution in [0.4, 0.5) is 0 Å². The standard InChI is InChI=1S/C10H11Br2NO/c1-7-2-3-8(6-9(7)12)10(14)13-5-4-11/h2-3,6H,4-5H2,1H3,(H,13,14). The second-order valence-corrected chi connectivity index (χ2v) is 4.56. The van der Waals surface area contributed by atoms with Crippen LogP contribution < -0.4 is 5.32 Å². The average Bonchev–Trinajstić information content (AvgIpc) is 2.18. The van der Waals surface area contributed by atoms with E-state index in [0.717, 1.165) is 15.4 Å². The van der Waals surface area contributed by atoms with Gasteiger partial charge in [-0.1, -0.05) is 37.9 Å². The first kappa shape index (κ1) is 11.7. The summed E-state index contributed by atoms with van der Waals surface area (Å²) in [6.45, 7) is 2.63. The highest BCUT2D eigenvalue weighted by molar-refractivity contribution is 9.10. The number of rotatable bonds is 3. The molecule has 0 radical (unpaired) electrons. The van der Waals surface area contributed by atoms with Crippen LogP contribution in [-0.2, 0) is 0 Å². The Kier molecular flexibility index (Phi) is 4.62. The van der Waals surface area contributed by atoms with Gasteiger partial charge in [0, 0.05) is 21.9 Å². The maximum atomic E-state index is 11.5. The molecule has 0 bridgehead atoms. The molecule has 0 aliphatic heterocycles. The molecular weight excluding hydrogens is 310 g/mol. The molecule has 2 nitrogen and oxygen atoms in total. The summed E-state index contributed by atoms with van der Waals surface area (Å²) in [5.74, 6) is -0.0369. The van der Waals surface area contributed by atoms with Gasteiger partial charge in [0.25, 0.3) is 5.91 Å². The first-order valence-electron chi connectivity index (χ1n) is 4.25. The first-order chi connectivity index (χ1) is 6.65. The number of hydrogen-bond acceptors (Lipinski definition) is 1. The van der Waals surface area contributed by atoms with Gasteiger partial charge in [-0.25, -0.2) is 0 Å². The number of hydrogen-bond donors (Lipinski definition) is 1. The maximum Gasteiger partial charge on any atom is 0.251 e. The van der Waals surface area contributed by atoms with Crippen LogP contribution in [0.2, 0.25) is 0 Å². The highest BCUT2D eigenvalue weighted by atomic mass is 79.9. The Hall–Kier alpha value is -0.350. The number of nitrogens with one attached hydrogen (secondary N) is 1. The van der Waals surface area contributed by atoms with E-state index in [-0.39, 0.29) is 5.91 Å². The van der Waals surface area contributed by atoms with E-state index in [1.54, 1.807) is 0 Å². The van der Waals surface area contributed by atoms with Crippen molar-refractivity contribution in [2.45, 2.75) is 6.92 Å². The van der Waals surface area contributed by atoms with Gasteiger partial charge in [-0.05, 0) is 24.6 Å². The molecule has 1 aromatic rings. The highest BCUT2D eigenvalue weighted by Crippen LogP contribution is 2.17. The Morgan fingerprint density at radius 2 is 2.21 bits per heavy atom. The van der Waals surface area contributed by atoms with Crippen molar-refractivity contribution in [3.05, 3.63) is 33.8 Å². The van der Waals surface area contributed by atoms with Crippen LogP contribution in [-0.4, -0.2) is 17.8 Å². The number of alkyl halides is 1. The summed E-state index contributed by atoms with van der Waals surface area (Å²) in [5, 5.41) is 3.56. The molecule has 1 aromatic carbocycles. The Labute approximate surface area is 100 Å². The maximum absolute atomic E-state index is 11.5. The van der Waals surface area contributed by atoms with Crippen LogP contribution >= 0.6 is 31.9 Å². The fraction of sp³-hybridized carbons (Fsp3) is 0.300. The molecule has 0 aliphatic rings. The van der Waals surface area contributed by atoms with Crippen LogP contribution in [0.3, 0.4) is 0 Å². The number of amides is 1. The van der Waals surface area contributed by atoms with Gasteiger partial charge in [0.05, 0.1) is 0 Å². The lowest BCUT2D eigenvalue weighted by atomic mass is 10.1. The molecule has 0 aromatic heterocycles. The van der Waals surface area contributed by atoms with Crippen molar-refractivity contribution in [3.8, 4) is 0 Å². The molecule has 0 atom stereocenters. The molecule has 76 valence electrons. The second kappa shape index (κ2) is 5.51. The normalized spacial score (nSPS) is 9.93. The number of halogens is 2. The van der Waals surface area contributed by atoms with Crippen molar-refractivity contribution in [2.24, 2.45) is 0 Å². The molecule has 0 unspecified atom stereocenters. The molecule has 0 heterocycles. The van der Waals surface area contributed by atoms with Crippen LogP contribution in [0.5, 0.6) is 0 Å². The average molecular weight is 321 g/mol. The van der Waals surface area contributed by atoms with Gasteiger partial charge in [-0.3, -0.25) is 4.79 Å². The van der Waals surface area contributed by atoms with Crippen molar-refractivity contribution >= 4 is 37.8 Å². The van der Waals surface area contributed by atoms with Gasteiger partial charge in [0.2, 0.25) is 0 Å². The zero-order valence-corrected chi connectivity index (χ0v) is 11.0. The molecule has 1 rings (SSSR count). The fourth-order valence-electron chi connectivity index (χ4n) is 0.997. The quantitative estimate of drug-likeness (QED) is 0.852. The number of carbonyl (C=O) groups excluding carboxylic acids is 1. The lowest BCUT2D eigenvalue weighted by Crippen LogP contribution is -2.25. The predicted octanol–water partition coefficient (Wildman–Crippen LogP) is 2.88. The minimum absolute atomic E-state index is 0.0369. The van der Waals surface area contributed by atoms with Crippen molar-refractivity contribution in [1.29, 1.82) is 0 Å². The molecule has 4 heteroatoms. The van der Waals surface area contributed by atoms with E-state index in [0.29, 0.717) is 12.1 Å². The fourth-order valence-corrected chi connectivity index (χ4v) is 1.57. The SMILES string of the molecule is Cc1ccc(C(=O)NCCBr)cc1Br. The molecular formula is C10H11Br2NO. The molecule has 14 heavy (non-hydrogen) atoms. The summed E-state index contributed by atoms with van der Waals surface area (Å²) in [6, 6.07) is 5.58. The Morgan fingerprint density at radius 3 is 2.79 bits per heavy atom. The second-order valence-electron chi connectivity index (χ2n) is 2.91. The first-order valence-corrected chi connectivity index (χ1v) is 6.17. The monoisotopic (exact) mass is 319 g/mol. The van der Waals surface area contributed by atoms with Gasteiger partial charge in [-0.15, -0.1) is 0 Å². The molecule has 0 spiro atoms. The minimum Gasteiger partial charge on any atom is -0.351 e. The Morgan fingerprint density at radius 1 is 1.50 bits per heavy atom. The van der Waals surface area contributed by atoms with E-state index in [9.17, 15) is 4.79 Å². The van der Waals surface area contributed by atoms with Crippen LogP contribution in [0.15, 0.2) is 22.7 Å². The third-order valence-corrected chi connectivity index (χ3v) is 3.06. The van der Waals surface area contributed by atoms with E-state index in [2.05, 4.69) is 37.2 Å². The zero-order chi connectivity index (χ0) is 10.6. The van der Waals surface area contributed by atoms with Gasteiger partial charge in [0.15, 0.2) is 0 Å². The van der Waals surface area contributed by atoms with Gasteiger partial charge in [-0.2, -0.15) is 0 Å². The van der Waals surface area contributed by atoms with Crippen molar-refractivity contribution in [3.63, 3.8) is 0 Å². The van der Waals surface area contributed by atoms with Gasteiger partial charge in [0.1, 0.15) is 0 Å². The lowest BCUT2D eigenvalue weighted by molar-refractivity contribution is 0.0956. The van der Waals surface area contributed by atoms with Crippen LogP contribution in [0.25, 0.3) is 0 Å². The van der Waals surface area contributed by atoms with Crippen molar-refractivity contribution in [1.82, 2.24) is 5.32 Å². The Balaban J connectivity index is 2.76. The van der Waals surface area contributed by atoms with Crippen molar-refractivity contribution < 1.29 is 4.79 Å². The van der Waals surface area contributed by atoms with Gasteiger partial charge < -0.3 is 5.32 Å². The molecule has 0 fully saturated rings. The lowest BCUT2D eigenvalue weighted by Gasteiger charge is -2.04. The summed E-state index contributed by atoms with van der Waals surface area (Å²) in [7, 11) is 0. The number of aryl methyl sites for hydroxylation is 1. The molecule has 1 amide bonds. The van der Waals surface area contributed by atoms with E-state index < -0.39 is 0 Å². The molecule has 1 N–H and O–H groups in total. The summed E-state index contributed by atoms with van der Waals surface area (Å²) in [5.41, 5.74) is 1.81. The van der Waals surface area contributed by atoms with E-state index >= 15 is 0 Å². The van der Waals surface area contributed by atoms with Crippen molar-refractivity contribution in [2.75, 3.05) is 11.9 Å². The summed E-state index contributed by atoms with van der Waals surface area (Å²) in [4.78, 5) is 11.5.